The van der Waals surface area contributed by atoms with Crippen molar-refractivity contribution in [3.8, 4) is 17.2 Å². The first-order valence-corrected chi connectivity index (χ1v) is 6.72. The summed E-state index contributed by atoms with van der Waals surface area (Å²) < 4.78 is 15.9. The molecule has 0 aliphatic rings. The first-order valence-electron chi connectivity index (χ1n) is 6.72. The minimum atomic E-state index is 0.794. The largest absolute Gasteiger partial charge is 0.497 e. The Kier molecular flexibility index (Phi) is 4.88. The molecule has 0 saturated carbocycles. The first-order chi connectivity index (χ1) is 10.2. The average molecular weight is 284 g/mol. The summed E-state index contributed by atoms with van der Waals surface area (Å²) in [5, 5.41) is 0. The fourth-order valence-electron chi connectivity index (χ4n) is 2.12. The van der Waals surface area contributed by atoms with Crippen LogP contribution in [0.25, 0.3) is 12.2 Å². The molecule has 0 saturated heterocycles. The van der Waals surface area contributed by atoms with E-state index < -0.39 is 0 Å². The maximum Gasteiger partial charge on any atom is 0.129 e. The van der Waals surface area contributed by atoms with Crippen molar-refractivity contribution in [2.24, 2.45) is 0 Å². The van der Waals surface area contributed by atoms with Gasteiger partial charge in [-0.2, -0.15) is 0 Å². The van der Waals surface area contributed by atoms with Crippen molar-refractivity contribution in [1.82, 2.24) is 0 Å². The quantitative estimate of drug-likeness (QED) is 0.770. The van der Waals surface area contributed by atoms with Gasteiger partial charge in [-0.3, -0.25) is 0 Å². The summed E-state index contributed by atoms with van der Waals surface area (Å²) in [7, 11) is 4.99. The summed E-state index contributed by atoms with van der Waals surface area (Å²) in [6.45, 7) is 2.02. The molecular weight excluding hydrogens is 264 g/mol. The number of benzene rings is 2. The molecule has 2 aromatic rings. The van der Waals surface area contributed by atoms with Crippen LogP contribution in [0.4, 0.5) is 0 Å². The smallest absolute Gasteiger partial charge is 0.129 e. The number of ether oxygens (including phenoxy) is 3. The van der Waals surface area contributed by atoms with Crippen molar-refractivity contribution < 1.29 is 14.2 Å². The summed E-state index contributed by atoms with van der Waals surface area (Å²) in [4.78, 5) is 0. The minimum Gasteiger partial charge on any atom is -0.497 e. The van der Waals surface area contributed by atoms with Crippen molar-refractivity contribution in [2.45, 2.75) is 6.92 Å². The molecule has 0 unspecified atom stereocenters. The van der Waals surface area contributed by atoms with Crippen LogP contribution in [0.1, 0.15) is 16.7 Å². The van der Waals surface area contributed by atoms with Gasteiger partial charge in [0.15, 0.2) is 0 Å². The average Bonchev–Trinajstić information content (AvgIpc) is 2.53. The van der Waals surface area contributed by atoms with Crippen molar-refractivity contribution in [1.29, 1.82) is 0 Å². The van der Waals surface area contributed by atoms with E-state index in [-0.39, 0.29) is 0 Å². The lowest BCUT2D eigenvalue weighted by Gasteiger charge is -2.10. The Bertz CT molecular complexity index is 628. The topological polar surface area (TPSA) is 27.7 Å². The van der Waals surface area contributed by atoms with Crippen LogP contribution in [-0.4, -0.2) is 21.3 Å². The van der Waals surface area contributed by atoms with Gasteiger partial charge in [-0.05, 0) is 36.2 Å². The SMILES string of the molecule is COc1ccc(/C=C/c2cc(C)c(OC)cc2OC)cc1. The first kappa shape index (κ1) is 15.0. The molecule has 0 amide bonds. The molecule has 110 valence electrons. The molecule has 0 radical (unpaired) electrons. The number of hydrogen-bond donors (Lipinski definition) is 0. The fourth-order valence-corrected chi connectivity index (χ4v) is 2.12. The summed E-state index contributed by atoms with van der Waals surface area (Å²) in [5.41, 5.74) is 3.20. The van der Waals surface area contributed by atoms with Gasteiger partial charge in [-0.1, -0.05) is 24.3 Å². The predicted molar refractivity (Wildman–Crippen MR) is 86.2 cm³/mol. The lowest BCUT2D eigenvalue weighted by atomic mass is 10.1. The number of methoxy groups -OCH3 is 3. The third kappa shape index (κ3) is 3.57. The number of rotatable bonds is 5. The highest BCUT2D eigenvalue weighted by molar-refractivity contribution is 5.74. The summed E-state index contributed by atoms with van der Waals surface area (Å²) >= 11 is 0. The second kappa shape index (κ2) is 6.84. The molecule has 0 aliphatic heterocycles. The Balaban J connectivity index is 2.28. The van der Waals surface area contributed by atoms with Gasteiger partial charge in [0.25, 0.3) is 0 Å². The maximum atomic E-state index is 5.42. The summed E-state index contributed by atoms with van der Waals surface area (Å²) in [5.74, 6) is 2.47. The predicted octanol–water partition coefficient (Wildman–Crippen LogP) is 4.19. The highest BCUT2D eigenvalue weighted by Gasteiger charge is 2.06. The van der Waals surface area contributed by atoms with Gasteiger partial charge in [0.05, 0.1) is 21.3 Å². The van der Waals surface area contributed by atoms with Crippen molar-refractivity contribution in [2.75, 3.05) is 21.3 Å². The van der Waals surface area contributed by atoms with Gasteiger partial charge >= 0.3 is 0 Å². The lowest BCUT2D eigenvalue weighted by Crippen LogP contribution is -1.92. The maximum absolute atomic E-state index is 5.42. The Morgan fingerprint density at radius 2 is 1.43 bits per heavy atom. The molecule has 3 heteroatoms. The van der Waals surface area contributed by atoms with Crippen LogP contribution in [0.2, 0.25) is 0 Å². The monoisotopic (exact) mass is 284 g/mol. The van der Waals surface area contributed by atoms with E-state index in [1.807, 2.05) is 49.4 Å². The molecule has 0 fully saturated rings. The van der Waals surface area contributed by atoms with Gasteiger partial charge in [0.1, 0.15) is 17.2 Å². The molecule has 0 aromatic heterocycles. The van der Waals surface area contributed by atoms with Gasteiger partial charge in [0, 0.05) is 11.6 Å². The molecule has 0 atom stereocenters. The third-order valence-corrected chi connectivity index (χ3v) is 3.32. The Labute approximate surface area is 125 Å². The van der Waals surface area contributed by atoms with Gasteiger partial charge < -0.3 is 14.2 Å². The minimum absolute atomic E-state index is 0.794. The Morgan fingerprint density at radius 1 is 0.762 bits per heavy atom. The lowest BCUT2D eigenvalue weighted by molar-refractivity contribution is 0.392. The van der Waals surface area contributed by atoms with E-state index >= 15 is 0 Å². The molecule has 0 heterocycles. The van der Waals surface area contributed by atoms with Crippen molar-refractivity contribution >= 4 is 12.2 Å². The molecule has 0 bridgehead atoms. The molecule has 0 N–H and O–H groups in total. The van der Waals surface area contributed by atoms with Crippen LogP contribution in [-0.2, 0) is 0 Å². The van der Waals surface area contributed by atoms with E-state index in [2.05, 4.69) is 6.07 Å². The van der Waals surface area contributed by atoms with Crippen LogP contribution in [0.15, 0.2) is 36.4 Å². The molecule has 3 nitrogen and oxygen atoms in total. The zero-order valence-corrected chi connectivity index (χ0v) is 12.8. The second-order valence-electron chi connectivity index (χ2n) is 4.67. The second-order valence-corrected chi connectivity index (χ2v) is 4.67. The number of aryl methyl sites for hydroxylation is 1. The summed E-state index contributed by atoms with van der Waals surface area (Å²) in [6, 6.07) is 11.9. The van der Waals surface area contributed by atoms with Gasteiger partial charge in [-0.15, -0.1) is 0 Å². The zero-order valence-electron chi connectivity index (χ0n) is 12.8. The van der Waals surface area contributed by atoms with Crippen molar-refractivity contribution in [3.05, 3.63) is 53.1 Å². The third-order valence-electron chi connectivity index (χ3n) is 3.32. The normalized spacial score (nSPS) is 10.7. The molecule has 21 heavy (non-hydrogen) atoms. The van der Waals surface area contributed by atoms with Gasteiger partial charge in [-0.25, -0.2) is 0 Å². The Morgan fingerprint density at radius 3 is 2.00 bits per heavy atom. The highest BCUT2D eigenvalue weighted by atomic mass is 16.5. The van der Waals surface area contributed by atoms with E-state index in [1.54, 1.807) is 21.3 Å². The highest BCUT2D eigenvalue weighted by Crippen LogP contribution is 2.30. The Hall–Kier alpha value is -2.42. The van der Waals surface area contributed by atoms with E-state index in [1.165, 1.54) is 0 Å². The zero-order chi connectivity index (χ0) is 15.2. The molecular formula is C18H20O3. The molecule has 0 aliphatic carbocycles. The molecule has 2 rings (SSSR count). The van der Waals surface area contributed by atoms with Crippen LogP contribution >= 0.6 is 0 Å². The van der Waals surface area contributed by atoms with E-state index in [9.17, 15) is 0 Å². The van der Waals surface area contributed by atoms with E-state index in [4.69, 9.17) is 14.2 Å². The molecule has 0 spiro atoms. The van der Waals surface area contributed by atoms with Crippen LogP contribution < -0.4 is 14.2 Å². The standard InChI is InChI=1S/C18H20O3/c1-13-11-15(18(21-4)12-17(13)20-3)8-5-14-6-9-16(19-2)10-7-14/h5-12H,1-4H3/b8-5+. The fraction of sp³-hybridized carbons (Fsp3) is 0.222. The van der Waals surface area contributed by atoms with E-state index in [0.29, 0.717) is 0 Å². The summed E-state index contributed by atoms with van der Waals surface area (Å²) in [6.07, 6.45) is 4.08. The van der Waals surface area contributed by atoms with Crippen LogP contribution in [0.3, 0.4) is 0 Å². The molecule has 2 aromatic carbocycles. The van der Waals surface area contributed by atoms with E-state index in [0.717, 1.165) is 33.9 Å². The van der Waals surface area contributed by atoms with Crippen LogP contribution in [0, 0.1) is 6.92 Å². The van der Waals surface area contributed by atoms with Gasteiger partial charge in [0.2, 0.25) is 0 Å². The number of hydrogen-bond acceptors (Lipinski definition) is 3. The van der Waals surface area contributed by atoms with Crippen molar-refractivity contribution in [3.63, 3.8) is 0 Å². The van der Waals surface area contributed by atoms with Crippen LogP contribution in [0.5, 0.6) is 17.2 Å².